The van der Waals surface area contributed by atoms with Crippen molar-refractivity contribution in [3.05, 3.63) is 29.8 Å². The summed E-state index contributed by atoms with van der Waals surface area (Å²) in [6.07, 6.45) is 0. The van der Waals surface area contributed by atoms with Crippen LogP contribution < -0.4 is 5.32 Å². The van der Waals surface area contributed by atoms with Crippen molar-refractivity contribution in [1.82, 2.24) is 9.62 Å². The van der Waals surface area contributed by atoms with Crippen molar-refractivity contribution in [1.29, 1.82) is 0 Å². The van der Waals surface area contributed by atoms with Gasteiger partial charge in [0, 0.05) is 32.3 Å². The van der Waals surface area contributed by atoms with Gasteiger partial charge in [0.1, 0.15) is 0 Å². The highest BCUT2D eigenvalue weighted by Crippen LogP contribution is 2.17. The van der Waals surface area contributed by atoms with Crippen molar-refractivity contribution in [2.75, 3.05) is 40.5 Å². The molecule has 1 rings (SSSR count). The van der Waals surface area contributed by atoms with Crippen molar-refractivity contribution in [2.45, 2.75) is 24.8 Å². The molecule has 0 bridgehead atoms. The molecule has 0 aliphatic carbocycles. The number of rotatable bonds is 10. The van der Waals surface area contributed by atoms with Crippen molar-refractivity contribution < 1.29 is 22.7 Å². The zero-order valence-corrected chi connectivity index (χ0v) is 15.4. The molecule has 0 aliphatic heterocycles. The number of carbonyl (C=O) groups is 1. The van der Waals surface area contributed by atoms with Gasteiger partial charge in [0.2, 0.25) is 10.0 Å². The van der Waals surface area contributed by atoms with E-state index in [0.717, 1.165) is 0 Å². The predicted octanol–water partition coefficient (Wildman–Crippen LogP) is 1.11. The second-order valence-corrected chi connectivity index (χ2v) is 7.50. The van der Waals surface area contributed by atoms with Crippen LogP contribution in [0, 0.1) is 0 Å². The second-order valence-electron chi connectivity index (χ2n) is 5.50. The van der Waals surface area contributed by atoms with E-state index < -0.39 is 10.0 Å². The average Bonchev–Trinajstić information content (AvgIpc) is 2.57. The number of ether oxygens (including phenoxy) is 2. The maximum atomic E-state index is 12.4. The first-order valence-corrected chi connectivity index (χ1v) is 9.17. The molecule has 0 aliphatic rings. The number of benzene rings is 1. The number of nitrogens with zero attached hydrogens (tertiary/aromatic N) is 1. The maximum absolute atomic E-state index is 12.4. The minimum Gasteiger partial charge on any atom is -0.382 e. The number of hydrogen-bond donors (Lipinski definition) is 1. The molecular weight excluding hydrogens is 332 g/mol. The van der Waals surface area contributed by atoms with Gasteiger partial charge in [-0.1, -0.05) is 0 Å². The molecule has 0 saturated carbocycles. The lowest BCUT2D eigenvalue weighted by Gasteiger charge is -2.21. The van der Waals surface area contributed by atoms with Crippen molar-refractivity contribution in [3.8, 4) is 0 Å². The first-order valence-electron chi connectivity index (χ1n) is 7.73. The molecule has 1 aromatic carbocycles. The fourth-order valence-corrected chi connectivity index (χ4v) is 3.17. The topological polar surface area (TPSA) is 84.9 Å². The minimum absolute atomic E-state index is 0.143. The Kier molecular flexibility index (Phi) is 8.34. The van der Waals surface area contributed by atoms with Gasteiger partial charge in [-0.25, -0.2) is 8.42 Å². The first kappa shape index (κ1) is 20.6. The largest absolute Gasteiger partial charge is 0.382 e. The standard InChI is InChI=1S/C16H26N2O5S/c1-13(2)18(3)24(20,21)15-7-5-14(6-8-15)16(19)17-9-10-23-12-11-22-4/h5-8,13H,9-12H2,1-4H3,(H,17,19). The molecule has 0 atom stereocenters. The second kappa shape index (κ2) is 9.73. The lowest BCUT2D eigenvalue weighted by Crippen LogP contribution is -2.33. The first-order chi connectivity index (χ1) is 11.3. The highest BCUT2D eigenvalue weighted by Gasteiger charge is 2.23. The van der Waals surface area contributed by atoms with Gasteiger partial charge < -0.3 is 14.8 Å². The molecule has 136 valence electrons. The molecule has 0 heterocycles. The number of hydrogen-bond acceptors (Lipinski definition) is 5. The molecule has 0 spiro atoms. The molecule has 1 aromatic rings. The van der Waals surface area contributed by atoms with Gasteiger partial charge in [-0.15, -0.1) is 0 Å². The fourth-order valence-electron chi connectivity index (χ4n) is 1.81. The Labute approximate surface area is 144 Å². The van der Waals surface area contributed by atoms with Crippen molar-refractivity contribution >= 4 is 15.9 Å². The Morgan fingerprint density at radius 3 is 2.33 bits per heavy atom. The molecular formula is C16H26N2O5S. The van der Waals surface area contributed by atoms with Crippen LogP contribution in [-0.2, 0) is 19.5 Å². The number of carbonyl (C=O) groups excluding carboxylic acids is 1. The third-order valence-corrected chi connectivity index (χ3v) is 5.53. The summed E-state index contributed by atoms with van der Waals surface area (Å²) in [6.45, 7) is 5.35. The number of methoxy groups -OCH3 is 1. The number of sulfonamides is 1. The van der Waals surface area contributed by atoms with Crippen molar-refractivity contribution in [3.63, 3.8) is 0 Å². The van der Waals surface area contributed by atoms with E-state index in [9.17, 15) is 13.2 Å². The van der Waals surface area contributed by atoms with Crippen LogP contribution in [0.5, 0.6) is 0 Å². The Hall–Kier alpha value is -1.48. The number of amides is 1. The third kappa shape index (κ3) is 5.86. The van der Waals surface area contributed by atoms with E-state index in [1.54, 1.807) is 21.0 Å². The highest BCUT2D eigenvalue weighted by atomic mass is 32.2. The molecule has 0 radical (unpaired) electrons. The summed E-state index contributed by atoms with van der Waals surface area (Å²) in [5, 5.41) is 2.71. The molecule has 8 heteroatoms. The molecule has 0 unspecified atom stereocenters. The molecule has 7 nitrogen and oxygen atoms in total. The summed E-state index contributed by atoms with van der Waals surface area (Å²) in [7, 11) is -0.418. The summed E-state index contributed by atoms with van der Waals surface area (Å²) < 4.78 is 36.1. The molecule has 1 N–H and O–H groups in total. The SMILES string of the molecule is COCCOCCNC(=O)c1ccc(S(=O)(=O)N(C)C(C)C)cc1. The number of nitrogens with one attached hydrogen (secondary N) is 1. The van der Waals surface area contributed by atoms with E-state index in [0.29, 0.717) is 31.9 Å². The van der Waals surface area contributed by atoms with E-state index >= 15 is 0 Å². The van der Waals surface area contributed by atoms with E-state index in [1.165, 1.54) is 35.6 Å². The Balaban J connectivity index is 2.59. The van der Waals surface area contributed by atoms with Crippen LogP contribution in [-0.4, -0.2) is 65.2 Å². The monoisotopic (exact) mass is 358 g/mol. The van der Waals surface area contributed by atoms with Gasteiger partial charge >= 0.3 is 0 Å². The molecule has 24 heavy (non-hydrogen) atoms. The van der Waals surface area contributed by atoms with E-state index in [1.807, 2.05) is 0 Å². The lowest BCUT2D eigenvalue weighted by atomic mass is 10.2. The Bertz CT molecular complexity index is 614. The van der Waals surface area contributed by atoms with Gasteiger partial charge in [-0.05, 0) is 38.1 Å². The fraction of sp³-hybridized carbons (Fsp3) is 0.562. The zero-order chi connectivity index (χ0) is 18.2. The van der Waals surface area contributed by atoms with Gasteiger partial charge in [0.15, 0.2) is 0 Å². The summed E-state index contributed by atoms with van der Waals surface area (Å²) >= 11 is 0. The van der Waals surface area contributed by atoms with Gasteiger partial charge in [-0.3, -0.25) is 4.79 Å². The summed E-state index contributed by atoms with van der Waals surface area (Å²) in [5.41, 5.74) is 0.401. The van der Waals surface area contributed by atoms with Crippen LogP contribution in [0.3, 0.4) is 0 Å². The predicted molar refractivity (Wildman–Crippen MR) is 91.6 cm³/mol. The van der Waals surface area contributed by atoms with Crippen molar-refractivity contribution in [2.24, 2.45) is 0 Å². The Morgan fingerprint density at radius 2 is 1.79 bits per heavy atom. The maximum Gasteiger partial charge on any atom is 0.251 e. The summed E-state index contributed by atoms with van der Waals surface area (Å²) in [5.74, 6) is -0.272. The van der Waals surface area contributed by atoms with Crippen LogP contribution in [0.15, 0.2) is 29.2 Å². The lowest BCUT2D eigenvalue weighted by molar-refractivity contribution is 0.0692. The smallest absolute Gasteiger partial charge is 0.251 e. The third-order valence-electron chi connectivity index (χ3n) is 3.48. The molecule has 0 fully saturated rings. The van der Waals surface area contributed by atoms with Crippen LogP contribution >= 0.6 is 0 Å². The van der Waals surface area contributed by atoms with E-state index in [4.69, 9.17) is 9.47 Å². The Morgan fingerprint density at radius 1 is 1.17 bits per heavy atom. The average molecular weight is 358 g/mol. The summed E-state index contributed by atoms with van der Waals surface area (Å²) in [4.78, 5) is 12.2. The zero-order valence-electron chi connectivity index (χ0n) is 14.6. The van der Waals surface area contributed by atoms with Crippen LogP contribution in [0.25, 0.3) is 0 Å². The van der Waals surface area contributed by atoms with Crippen LogP contribution in [0.2, 0.25) is 0 Å². The normalized spacial score (nSPS) is 11.9. The van der Waals surface area contributed by atoms with Gasteiger partial charge in [0.05, 0.1) is 24.7 Å². The van der Waals surface area contributed by atoms with E-state index in [-0.39, 0.29) is 16.8 Å². The molecule has 0 saturated heterocycles. The quantitative estimate of drug-likeness (QED) is 0.633. The summed E-state index contributed by atoms with van der Waals surface area (Å²) in [6, 6.07) is 5.75. The van der Waals surface area contributed by atoms with Gasteiger partial charge in [-0.2, -0.15) is 4.31 Å². The molecule has 1 amide bonds. The molecule has 0 aromatic heterocycles. The van der Waals surface area contributed by atoms with E-state index in [2.05, 4.69) is 5.32 Å². The highest BCUT2D eigenvalue weighted by molar-refractivity contribution is 7.89. The van der Waals surface area contributed by atoms with Crippen LogP contribution in [0.1, 0.15) is 24.2 Å². The minimum atomic E-state index is -3.54. The van der Waals surface area contributed by atoms with Gasteiger partial charge in [0.25, 0.3) is 5.91 Å². The van der Waals surface area contributed by atoms with Crippen LogP contribution in [0.4, 0.5) is 0 Å².